The van der Waals surface area contributed by atoms with E-state index in [1.807, 2.05) is 12.1 Å². The van der Waals surface area contributed by atoms with Gasteiger partial charge in [-0.05, 0) is 104 Å². The molecule has 70 heavy (non-hydrogen) atoms. The Morgan fingerprint density at radius 2 is 0.729 bits per heavy atom. The van der Waals surface area contributed by atoms with Gasteiger partial charge in [0.2, 0.25) is 0 Å². The molecule has 0 spiro atoms. The van der Waals surface area contributed by atoms with E-state index in [4.69, 9.17) is 4.42 Å². The van der Waals surface area contributed by atoms with Gasteiger partial charge in [0.1, 0.15) is 11.2 Å². The molecule has 0 fully saturated rings. The monoisotopic (exact) mass is 908 g/mol. The summed E-state index contributed by atoms with van der Waals surface area (Å²) in [5, 5.41) is 12.9. The number of nitrogens with zero attached hydrogens (tertiary/aromatic N) is 2. The molecule has 0 unspecified atom stereocenters. The molecule has 0 radical (unpaired) electrons. The van der Waals surface area contributed by atoms with Crippen molar-refractivity contribution >= 4 is 106 Å². The van der Waals surface area contributed by atoms with Crippen LogP contribution < -0.4 is 25.6 Å². The van der Waals surface area contributed by atoms with Crippen molar-refractivity contribution < 1.29 is 4.42 Å². The third kappa shape index (κ3) is 6.20. The zero-order valence-corrected chi connectivity index (χ0v) is 39.2. The second-order valence-electron chi connectivity index (χ2n) is 18.4. The van der Waals surface area contributed by atoms with Crippen molar-refractivity contribution in [3.8, 4) is 22.3 Å². The average molecular weight is 909 g/mol. The summed E-state index contributed by atoms with van der Waals surface area (Å²) < 4.78 is 8.90. The third-order valence-electron chi connectivity index (χ3n) is 14.7. The number of para-hydroxylation sites is 3. The molecular weight excluding hydrogens is 865 g/mol. The summed E-state index contributed by atoms with van der Waals surface area (Å²) in [5.41, 5.74) is 13.4. The van der Waals surface area contributed by atoms with E-state index in [-0.39, 0.29) is 0 Å². The van der Waals surface area contributed by atoms with Gasteiger partial charge < -0.3 is 13.7 Å². The van der Waals surface area contributed by atoms with Crippen LogP contribution in [0.5, 0.6) is 0 Å². The predicted molar refractivity (Wildman–Crippen MR) is 298 cm³/mol. The molecule has 328 valence electrons. The van der Waals surface area contributed by atoms with Crippen LogP contribution in [0.25, 0.3) is 82.3 Å². The molecule has 0 N–H and O–H groups in total. The lowest BCUT2D eigenvalue weighted by Crippen LogP contribution is -2.74. The molecule has 0 aliphatic rings. The maximum Gasteiger partial charge on any atom is 0.179 e. The van der Waals surface area contributed by atoms with Crippen molar-refractivity contribution in [2.75, 3.05) is 4.90 Å². The topological polar surface area (TPSA) is 20.8 Å². The van der Waals surface area contributed by atoms with E-state index in [2.05, 4.69) is 264 Å². The van der Waals surface area contributed by atoms with Gasteiger partial charge in [-0.15, -0.1) is 0 Å². The molecule has 0 atom stereocenters. The molecule has 11 aromatic carbocycles. The van der Waals surface area contributed by atoms with Crippen molar-refractivity contribution in [1.29, 1.82) is 0 Å². The fourth-order valence-electron chi connectivity index (χ4n) is 11.5. The predicted octanol–water partition coefficient (Wildman–Crippen LogP) is 14.9. The number of rotatable bonds is 9. The van der Waals surface area contributed by atoms with Crippen LogP contribution in [0.1, 0.15) is 0 Å². The van der Waals surface area contributed by atoms with Crippen LogP contribution in [-0.2, 0) is 0 Å². The number of furan rings is 1. The molecule has 0 saturated carbocycles. The first-order valence-electron chi connectivity index (χ1n) is 24.1. The standard InChI is InChI=1S/C66H44N2OSi/c1-4-15-52(16-5-1)70(53-17-6-2-7-18-53,54-19-8-3-9-20-54)55-39-31-46(32-40-55)45-27-34-49(35-28-45)67(51-38-41-58-57-22-11-13-26-64(57)69-65(58)44-51)50-36-29-47(30-37-50)48-33-42-63-61(43-48)60-24-14-23-59-56-21-10-12-25-62(56)68(63)66(59)60/h1-44H. The molecule has 14 rings (SSSR count). The van der Waals surface area contributed by atoms with E-state index < -0.39 is 8.07 Å². The van der Waals surface area contributed by atoms with Crippen molar-refractivity contribution in [2.45, 2.75) is 0 Å². The summed E-state index contributed by atoms with van der Waals surface area (Å²) in [6, 6.07) is 98.0. The van der Waals surface area contributed by atoms with Gasteiger partial charge in [-0.1, -0.05) is 200 Å². The highest BCUT2D eigenvalue weighted by Gasteiger charge is 2.41. The second kappa shape index (κ2) is 16.1. The SMILES string of the molecule is c1ccc([Si](c2ccccc2)(c2ccccc2)c2ccc(-c3ccc(N(c4ccc(-c5ccc6c(c5)c5cccc7c8ccccc8n6c75)cc4)c4ccc5c(c4)oc4ccccc45)cc3)cc2)cc1. The first-order chi connectivity index (χ1) is 34.7. The fourth-order valence-corrected chi connectivity index (χ4v) is 16.2. The summed E-state index contributed by atoms with van der Waals surface area (Å²) in [6.45, 7) is 0. The van der Waals surface area contributed by atoms with Gasteiger partial charge in [-0.25, -0.2) is 0 Å². The van der Waals surface area contributed by atoms with Gasteiger partial charge in [0.05, 0.1) is 16.6 Å². The molecular formula is C66H44N2OSi. The van der Waals surface area contributed by atoms with Crippen LogP contribution in [0.4, 0.5) is 17.1 Å². The summed E-state index contributed by atoms with van der Waals surface area (Å²) in [4.78, 5) is 2.34. The van der Waals surface area contributed by atoms with Gasteiger partial charge in [0, 0.05) is 55.4 Å². The van der Waals surface area contributed by atoms with E-state index in [1.54, 1.807) is 0 Å². The molecule has 0 aliphatic heterocycles. The fraction of sp³-hybridized carbons (Fsp3) is 0. The molecule has 0 amide bonds. The normalized spacial score (nSPS) is 12.0. The summed E-state index contributed by atoms with van der Waals surface area (Å²) >= 11 is 0. The van der Waals surface area contributed by atoms with Crippen LogP contribution in [-0.4, -0.2) is 12.5 Å². The third-order valence-corrected chi connectivity index (χ3v) is 19.5. The Balaban J connectivity index is 0.843. The Labute approximate surface area is 406 Å². The number of benzene rings is 11. The quantitative estimate of drug-likeness (QED) is 0.106. The Morgan fingerprint density at radius 3 is 1.36 bits per heavy atom. The summed E-state index contributed by atoms with van der Waals surface area (Å²) in [5.74, 6) is 0. The number of aromatic nitrogens is 1. The van der Waals surface area contributed by atoms with E-state index in [0.29, 0.717) is 0 Å². The van der Waals surface area contributed by atoms with Crippen LogP contribution in [0.3, 0.4) is 0 Å². The summed E-state index contributed by atoms with van der Waals surface area (Å²) in [7, 11) is -2.63. The Bertz CT molecular complexity index is 4100. The first kappa shape index (κ1) is 40.1. The van der Waals surface area contributed by atoms with Crippen LogP contribution in [0.2, 0.25) is 0 Å². The van der Waals surface area contributed by atoms with E-state index in [1.165, 1.54) is 75.5 Å². The number of anilines is 3. The van der Waals surface area contributed by atoms with Crippen LogP contribution in [0.15, 0.2) is 271 Å². The second-order valence-corrected chi connectivity index (χ2v) is 22.2. The maximum atomic E-state index is 6.46. The Hall–Kier alpha value is -8.96. The number of hydrogen-bond donors (Lipinski definition) is 0. The van der Waals surface area contributed by atoms with Gasteiger partial charge in [0.15, 0.2) is 8.07 Å². The smallest absolute Gasteiger partial charge is 0.179 e. The van der Waals surface area contributed by atoms with Gasteiger partial charge in [0.25, 0.3) is 0 Å². The van der Waals surface area contributed by atoms with Gasteiger partial charge in [-0.2, -0.15) is 0 Å². The highest BCUT2D eigenvalue weighted by atomic mass is 28.3. The van der Waals surface area contributed by atoms with Crippen molar-refractivity contribution in [2.24, 2.45) is 0 Å². The van der Waals surface area contributed by atoms with Crippen LogP contribution >= 0.6 is 0 Å². The van der Waals surface area contributed by atoms with Crippen LogP contribution in [0, 0.1) is 0 Å². The zero-order chi connectivity index (χ0) is 46.2. The molecule has 3 aromatic heterocycles. The minimum atomic E-state index is -2.63. The van der Waals surface area contributed by atoms with E-state index in [9.17, 15) is 0 Å². The Kier molecular flexibility index (Phi) is 9.23. The lowest BCUT2D eigenvalue weighted by atomic mass is 10.0. The molecule has 3 nitrogen and oxygen atoms in total. The highest BCUT2D eigenvalue weighted by molar-refractivity contribution is 7.19. The van der Waals surface area contributed by atoms with Crippen molar-refractivity contribution in [1.82, 2.24) is 4.40 Å². The molecule has 0 saturated heterocycles. The number of hydrogen-bond acceptors (Lipinski definition) is 2. The molecule has 0 aliphatic carbocycles. The van der Waals surface area contributed by atoms with E-state index >= 15 is 0 Å². The molecule has 4 heteroatoms. The van der Waals surface area contributed by atoms with Crippen molar-refractivity contribution in [3.05, 3.63) is 267 Å². The molecule has 0 bridgehead atoms. The maximum absolute atomic E-state index is 6.46. The highest BCUT2D eigenvalue weighted by Crippen LogP contribution is 2.42. The Morgan fingerprint density at radius 1 is 0.286 bits per heavy atom. The minimum Gasteiger partial charge on any atom is -0.456 e. The minimum absolute atomic E-state index is 0.865. The zero-order valence-electron chi connectivity index (χ0n) is 38.2. The molecule has 3 heterocycles. The number of fused-ring (bicyclic) bond motifs is 9. The van der Waals surface area contributed by atoms with E-state index in [0.717, 1.165) is 44.6 Å². The lowest BCUT2D eigenvalue weighted by Gasteiger charge is -2.34. The average Bonchev–Trinajstić information content (AvgIpc) is 4.10. The van der Waals surface area contributed by atoms with Gasteiger partial charge in [-0.3, -0.25) is 0 Å². The van der Waals surface area contributed by atoms with Gasteiger partial charge >= 0.3 is 0 Å². The molecule has 14 aromatic rings. The summed E-state index contributed by atoms with van der Waals surface area (Å²) in [6.07, 6.45) is 0. The van der Waals surface area contributed by atoms with Crippen molar-refractivity contribution in [3.63, 3.8) is 0 Å². The largest absolute Gasteiger partial charge is 0.456 e. The first-order valence-corrected chi connectivity index (χ1v) is 26.1. The lowest BCUT2D eigenvalue weighted by molar-refractivity contribution is 0.669.